The molecule has 1 atom stereocenters. The zero-order chi connectivity index (χ0) is 23.3. The summed E-state index contributed by atoms with van der Waals surface area (Å²) in [4.78, 5) is 32.6. The Morgan fingerprint density at radius 1 is 1.00 bits per heavy atom. The Kier molecular flexibility index (Phi) is 9.20. The second-order valence-electron chi connectivity index (χ2n) is 7.34. The third-order valence-electron chi connectivity index (χ3n) is 4.92. The van der Waals surface area contributed by atoms with E-state index in [4.69, 9.17) is 9.47 Å². The fraction of sp³-hybridized carbons (Fsp3) is 0.280. The van der Waals surface area contributed by atoms with E-state index in [1.807, 2.05) is 36.4 Å². The molecule has 3 rings (SSSR count). The number of esters is 1. The summed E-state index contributed by atoms with van der Waals surface area (Å²) in [5.74, 6) is 0.757. The van der Waals surface area contributed by atoms with Gasteiger partial charge in [0.1, 0.15) is 23.9 Å². The van der Waals surface area contributed by atoms with E-state index >= 15 is 0 Å². The molecule has 3 aromatic rings. The zero-order valence-electron chi connectivity index (χ0n) is 18.6. The van der Waals surface area contributed by atoms with Crippen LogP contribution in [0.25, 0.3) is 0 Å². The number of carbonyl (C=O) groups excluding carboxylic acids is 2. The van der Waals surface area contributed by atoms with Gasteiger partial charge in [0.25, 0.3) is 5.91 Å². The molecule has 1 amide bonds. The monoisotopic (exact) mass is 448 g/mol. The normalized spacial score (nSPS) is 11.3. The summed E-state index contributed by atoms with van der Waals surface area (Å²) in [5, 5.41) is 5.99. The molecule has 1 aromatic heterocycles. The lowest BCUT2D eigenvalue weighted by Gasteiger charge is -2.17. The van der Waals surface area contributed by atoms with E-state index in [0.29, 0.717) is 18.6 Å². The van der Waals surface area contributed by atoms with Crippen LogP contribution in [0.5, 0.6) is 5.75 Å². The summed E-state index contributed by atoms with van der Waals surface area (Å²) in [6, 6.07) is 17.3. The van der Waals surface area contributed by atoms with Crippen molar-refractivity contribution in [1.29, 1.82) is 0 Å². The number of amides is 1. The highest BCUT2D eigenvalue weighted by atomic mass is 16.5. The van der Waals surface area contributed by atoms with E-state index in [9.17, 15) is 9.59 Å². The Hall–Kier alpha value is -3.94. The van der Waals surface area contributed by atoms with Crippen LogP contribution in [0.2, 0.25) is 0 Å². The molecule has 8 nitrogen and oxygen atoms in total. The maximum atomic E-state index is 12.4. The molecule has 0 radical (unpaired) electrons. The number of hydrogen-bond donors (Lipinski definition) is 2. The smallest absolute Gasteiger partial charge is 0.328 e. The quantitative estimate of drug-likeness (QED) is 0.324. The molecule has 0 aliphatic heterocycles. The maximum Gasteiger partial charge on any atom is 0.328 e. The van der Waals surface area contributed by atoms with Gasteiger partial charge in [0.2, 0.25) is 0 Å². The average Bonchev–Trinajstić information content (AvgIpc) is 2.87. The molecule has 0 spiro atoms. The Morgan fingerprint density at radius 2 is 1.79 bits per heavy atom. The highest BCUT2D eigenvalue weighted by Gasteiger charge is 2.22. The van der Waals surface area contributed by atoms with E-state index in [2.05, 4.69) is 20.6 Å². The summed E-state index contributed by atoms with van der Waals surface area (Å²) in [5.41, 5.74) is 1.38. The Bertz CT molecular complexity index is 998. The van der Waals surface area contributed by atoms with Gasteiger partial charge in [-0.05, 0) is 48.7 Å². The van der Waals surface area contributed by atoms with E-state index < -0.39 is 12.0 Å². The van der Waals surface area contributed by atoms with Crippen molar-refractivity contribution in [3.63, 3.8) is 0 Å². The number of benzene rings is 2. The van der Waals surface area contributed by atoms with E-state index in [1.54, 1.807) is 30.5 Å². The predicted molar refractivity (Wildman–Crippen MR) is 125 cm³/mol. The molecule has 2 aromatic carbocycles. The van der Waals surface area contributed by atoms with Gasteiger partial charge in [-0.25, -0.2) is 14.8 Å². The van der Waals surface area contributed by atoms with Crippen molar-refractivity contribution in [3.05, 3.63) is 84.3 Å². The molecular weight excluding hydrogens is 420 g/mol. The number of aromatic nitrogens is 2. The van der Waals surface area contributed by atoms with Crippen molar-refractivity contribution in [2.75, 3.05) is 25.6 Å². The molecule has 0 aliphatic rings. The number of nitrogens with zero attached hydrogens (tertiary/aromatic N) is 2. The van der Waals surface area contributed by atoms with Gasteiger partial charge < -0.3 is 20.1 Å². The topological polar surface area (TPSA) is 102 Å². The molecule has 0 saturated heterocycles. The Balaban J connectivity index is 1.43. The Morgan fingerprint density at radius 3 is 2.48 bits per heavy atom. The van der Waals surface area contributed by atoms with Crippen LogP contribution in [0, 0.1) is 0 Å². The van der Waals surface area contributed by atoms with Crippen molar-refractivity contribution in [1.82, 2.24) is 15.3 Å². The highest BCUT2D eigenvalue weighted by Crippen LogP contribution is 2.15. The molecular formula is C25H28N4O4. The van der Waals surface area contributed by atoms with Crippen molar-refractivity contribution in [2.45, 2.75) is 25.3 Å². The second-order valence-corrected chi connectivity index (χ2v) is 7.34. The SMILES string of the molecule is COC(=O)[C@H](Cc1ccc(OCCCCNc2ccncn2)cc1)NC(=O)c1ccccc1. The van der Waals surface area contributed by atoms with Gasteiger partial charge in [-0.2, -0.15) is 0 Å². The van der Waals surface area contributed by atoms with Crippen LogP contribution in [0.4, 0.5) is 5.82 Å². The molecule has 0 bridgehead atoms. The second kappa shape index (κ2) is 12.8. The van der Waals surface area contributed by atoms with E-state index in [0.717, 1.165) is 36.5 Å². The number of nitrogens with one attached hydrogen (secondary N) is 2. The van der Waals surface area contributed by atoms with Gasteiger partial charge in [-0.1, -0.05) is 30.3 Å². The number of anilines is 1. The molecule has 33 heavy (non-hydrogen) atoms. The minimum atomic E-state index is -0.781. The molecule has 0 fully saturated rings. The van der Waals surface area contributed by atoms with E-state index in [-0.39, 0.29) is 5.91 Å². The molecule has 0 unspecified atom stereocenters. The van der Waals surface area contributed by atoms with Crippen LogP contribution in [0.15, 0.2) is 73.2 Å². The van der Waals surface area contributed by atoms with Gasteiger partial charge in [-0.3, -0.25) is 4.79 Å². The number of unbranched alkanes of at least 4 members (excludes halogenated alkanes) is 1. The maximum absolute atomic E-state index is 12.4. The first-order chi connectivity index (χ1) is 16.2. The van der Waals surface area contributed by atoms with Gasteiger partial charge in [-0.15, -0.1) is 0 Å². The molecule has 2 N–H and O–H groups in total. The van der Waals surface area contributed by atoms with Crippen molar-refractivity contribution in [2.24, 2.45) is 0 Å². The van der Waals surface area contributed by atoms with Crippen LogP contribution in [0.3, 0.4) is 0 Å². The summed E-state index contributed by atoms with van der Waals surface area (Å²) in [7, 11) is 1.31. The van der Waals surface area contributed by atoms with Crippen LogP contribution < -0.4 is 15.4 Å². The molecule has 8 heteroatoms. The number of carbonyl (C=O) groups is 2. The van der Waals surface area contributed by atoms with Crippen molar-refractivity contribution >= 4 is 17.7 Å². The minimum Gasteiger partial charge on any atom is -0.494 e. The van der Waals surface area contributed by atoms with Gasteiger partial charge >= 0.3 is 5.97 Å². The molecule has 1 heterocycles. The number of rotatable bonds is 12. The first-order valence-corrected chi connectivity index (χ1v) is 10.8. The molecule has 172 valence electrons. The molecule has 0 saturated carbocycles. The third kappa shape index (κ3) is 7.92. The van der Waals surface area contributed by atoms with Crippen LogP contribution >= 0.6 is 0 Å². The van der Waals surface area contributed by atoms with Crippen LogP contribution in [0.1, 0.15) is 28.8 Å². The number of hydrogen-bond acceptors (Lipinski definition) is 7. The van der Waals surface area contributed by atoms with Gasteiger partial charge in [0, 0.05) is 24.7 Å². The Labute approximate surface area is 193 Å². The lowest BCUT2D eigenvalue weighted by Crippen LogP contribution is -2.43. The minimum absolute atomic E-state index is 0.319. The summed E-state index contributed by atoms with van der Waals surface area (Å²) in [6.07, 6.45) is 5.38. The summed E-state index contributed by atoms with van der Waals surface area (Å²) < 4.78 is 10.7. The largest absolute Gasteiger partial charge is 0.494 e. The standard InChI is InChI=1S/C25H28N4O4/c1-32-25(31)22(29-24(30)20-7-3-2-4-8-20)17-19-9-11-21(12-10-19)33-16-6-5-14-27-23-13-15-26-18-28-23/h2-4,7-13,15,18,22H,5-6,14,16-17H2,1H3,(H,29,30)(H,26,27,28)/t22-/m0/s1. The zero-order valence-corrected chi connectivity index (χ0v) is 18.6. The lowest BCUT2D eigenvalue weighted by molar-refractivity contribution is -0.142. The van der Waals surface area contributed by atoms with Gasteiger partial charge in [0.05, 0.1) is 13.7 Å². The first-order valence-electron chi connectivity index (χ1n) is 10.8. The van der Waals surface area contributed by atoms with Crippen molar-refractivity contribution < 1.29 is 19.1 Å². The first kappa shape index (κ1) is 23.7. The third-order valence-corrected chi connectivity index (χ3v) is 4.92. The van der Waals surface area contributed by atoms with Gasteiger partial charge in [0.15, 0.2) is 0 Å². The van der Waals surface area contributed by atoms with E-state index in [1.165, 1.54) is 13.4 Å². The molecule has 0 aliphatic carbocycles. The summed E-state index contributed by atoms with van der Waals surface area (Å²) in [6.45, 7) is 1.41. The highest BCUT2D eigenvalue weighted by molar-refractivity contribution is 5.96. The van der Waals surface area contributed by atoms with Crippen LogP contribution in [-0.4, -0.2) is 48.1 Å². The number of ether oxygens (including phenoxy) is 2. The lowest BCUT2D eigenvalue weighted by atomic mass is 10.1. The number of methoxy groups -OCH3 is 1. The van der Waals surface area contributed by atoms with Crippen LogP contribution in [-0.2, 0) is 16.0 Å². The predicted octanol–water partition coefficient (Wildman–Crippen LogP) is 3.26. The fourth-order valence-corrected chi connectivity index (χ4v) is 3.15. The average molecular weight is 449 g/mol. The van der Waals surface area contributed by atoms with Crippen molar-refractivity contribution in [3.8, 4) is 5.75 Å². The fourth-order valence-electron chi connectivity index (χ4n) is 3.15. The summed E-state index contributed by atoms with van der Waals surface area (Å²) >= 11 is 0.